The minimum atomic E-state index is -0.664. The molecule has 0 aliphatic rings. The Hall–Kier alpha value is -1.66. The zero-order chi connectivity index (χ0) is 56.4. The summed E-state index contributed by atoms with van der Waals surface area (Å²) in [5.74, 6) is -0.0252. The molecular formula is C72H139NO5. The third kappa shape index (κ3) is 63.5. The molecule has 2 unspecified atom stereocenters. The van der Waals surface area contributed by atoms with Crippen molar-refractivity contribution in [2.24, 2.45) is 0 Å². The van der Waals surface area contributed by atoms with E-state index in [0.29, 0.717) is 25.9 Å². The molecule has 6 heteroatoms. The van der Waals surface area contributed by atoms with Crippen molar-refractivity contribution in [2.45, 2.75) is 411 Å². The highest BCUT2D eigenvalue weighted by Gasteiger charge is 2.20. The number of carbonyl (C=O) groups is 2. The second kappa shape index (κ2) is 67.8. The fourth-order valence-corrected chi connectivity index (χ4v) is 11.3. The molecule has 0 aromatic rings. The quantitative estimate of drug-likeness (QED) is 0.0320. The lowest BCUT2D eigenvalue weighted by Crippen LogP contribution is -2.45. The Kier molecular flexibility index (Phi) is 66.4. The van der Waals surface area contributed by atoms with Gasteiger partial charge in [-0.2, -0.15) is 0 Å². The molecule has 0 saturated carbocycles. The molecule has 0 aromatic heterocycles. The minimum absolute atomic E-state index is 0.00381. The van der Waals surface area contributed by atoms with Gasteiger partial charge in [-0.3, -0.25) is 9.59 Å². The number of nitrogens with one attached hydrogen (secondary N) is 1. The molecule has 0 rings (SSSR count). The van der Waals surface area contributed by atoms with Gasteiger partial charge in [0.05, 0.1) is 25.4 Å². The molecule has 0 spiro atoms. The summed E-state index contributed by atoms with van der Waals surface area (Å²) in [4.78, 5) is 24.6. The van der Waals surface area contributed by atoms with Crippen LogP contribution in [0.3, 0.4) is 0 Å². The lowest BCUT2D eigenvalue weighted by atomic mass is 10.0. The molecular weight excluding hydrogens is 959 g/mol. The number of ether oxygens (including phenoxy) is 1. The SMILES string of the molecule is CCCCCC/C=C\C/C=C\CCCCCCCC(=O)OCCCCCCCCCCCCCCCCCCCCCCCCCCCC(=O)NC(CO)C(O)CCCCCCCCCCCCCCCCCCCCCC. The van der Waals surface area contributed by atoms with Crippen LogP contribution in [0.5, 0.6) is 0 Å². The molecule has 78 heavy (non-hydrogen) atoms. The number of allylic oxidation sites excluding steroid dienone is 4. The van der Waals surface area contributed by atoms with Crippen molar-refractivity contribution in [1.82, 2.24) is 5.32 Å². The first-order valence-electron chi connectivity index (χ1n) is 35.6. The standard InChI is InChI=1S/C72H139NO5/c1-3-5-7-9-11-13-15-17-19-21-22-30-33-36-40-44-48-52-56-60-64-70(75)69(68-74)73-71(76)65-61-57-53-49-45-41-37-34-31-28-26-24-23-25-27-29-32-35-39-43-47-51-55-59-63-67-78-72(77)66-62-58-54-50-46-42-38-20-18-16-14-12-10-8-6-4-2/h14,16,20,38,69-70,74-75H,3-13,15,17-19,21-37,39-68H2,1-2H3,(H,73,76)/b16-14-,38-20-. The van der Waals surface area contributed by atoms with Crippen molar-refractivity contribution < 1.29 is 24.5 Å². The van der Waals surface area contributed by atoms with Crippen molar-refractivity contribution >= 4 is 11.9 Å². The molecule has 0 radical (unpaired) electrons. The number of esters is 1. The number of carbonyl (C=O) groups excluding carboxylic acids is 2. The van der Waals surface area contributed by atoms with Gasteiger partial charge in [-0.1, -0.05) is 353 Å². The number of unbranched alkanes of at least 4 members (excludes halogenated alkanes) is 52. The number of amides is 1. The van der Waals surface area contributed by atoms with Crippen LogP contribution >= 0.6 is 0 Å². The van der Waals surface area contributed by atoms with E-state index < -0.39 is 12.1 Å². The van der Waals surface area contributed by atoms with Crippen molar-refractivity contribution in [1.29, 1.82) is 0 Å². The molecule has 0 fully saturated rings. The number of hydrogen-bond acceptors (Lipinski definition) is 5. The van der Waals surface area contributed by atoms with Gasteiger partial charge in [0.25, 0.3) is 0 Å². The third-order valence-electron chi connectivity index (χ3n) is 16.8. The second-order valence-electron chi connectivity index (χ2n) is 24.6. The van der Waals surface area contributed by atoms with Crippen molar-refractivity contribution in [3.05, 3.63) is 24.3 Å². The van der Waals surface area contributed by atoms with E-state index in [2.05, 4.69) is 43.5 Å². The molecule has 0 saturated heterocycles. The van der Waals surface area contributed by atoms with Crippen LogP contribution in [0.25, 0.3) is 0 Å². The monoisotopic (exact) mass is 1100 g/mol. The van der Waals surface area contributed by atoms with E-state index in [1.807, 2.05) is 0 Å². The average molecular weight is 1100 g/mol. The van der Waals surface area contributed by atoms with Crippen LogP contribution in [-0.4, -0.2) is 47.4 Å². The number of hydrogen-bond donors (Lipinski definition) is 3. The average Bonchev–Trinajstić information content (AvgIpc) is 3.44. The molecule has 462 valence electrons. The van der Waals surface area contributed by atoms with E-state index in [9.17, 15) is 19.8 Å². The fraction of sp³-hybridized carbons (Fsp3) is 0.917. The predicted molar refractivity (Wildman–Crippen MR) is 343 cm³/mol. The highest BCUT2D eigenvalue weighted by molar-refractivity contribution is 5.76. The van der Waals surface area contributed by atoms with Gasteiger partial charge in [0.2, 0.25) is 5.91 Å². The van der Waals surface area contributed by atoms with Crippen molar-refractivity contribution in [2.75, 3.05) is 13.2 Å². The molecule has 0 heterocycles. The Morgan fingerprint density at radius 3 is 0.987 bits per heavy atom. The first-order chi connectivity index (χ1) is 38.5. The van der Waals surface area contributed by atoms with Crippen LogP contribution in [-0.2, 0) is 14.3 Å². The Bertz CT molecular complexity index is 1220. The van der Waals surface area contributed by atoms with Gasteiger partial charge in [-0.15, -0.1) is 0 Å². The maximum atomic E-state index is 12.5. The van der Waals surface area contributed by atoms with Crippen LogP contribution in [0.4, 0.5) is 0 Å². The summed E-state index contributed by atoms with van der Waals surface area (Å²) in [5.41, 5.74) is 0. The van der Waals surface area contributed by atoms with E-state index in [4.69, 9.17) is 4.74 Å². The van der Waals surface area contributed by atoms with Crippen LogP contribution in [0.15, 0.2) is 24.3 Å². The van der Waals surface area contributed by atoms with E-state index >= 15 is 0 Å². The smallest absolute Gasteiger partial charge is 0.305 e. The molecule has 0 aliphatic carbocycles. The Balaban J connectivity index is 3.36. The van der Waals surface area contributed by atoms with Crippen molar-refractivity contribution in [3.8, 4) is 0 Å². The molecule has 2 atom stereocenters. The minimum Gasteiger partial charge on any atom is -0.466 e. The van der Waals surface area contributed by atoms with Crippen LogP contribution in [0.2, 0.25) is 0 Å². The van der Waals surface area contributed by atoms with E-state index in [-0.39, 0.29) is 18.5 Å². The number of rotatable bonds is 67. The topological polar surface area (TPSA) is 95.9 Å². The fourth-order valence-electron chi connectivity index (χ4n) is 11.3. The zero-order valence-corrected chi connectivity index (χ0v) is 52.9. The van der Waals surface area contributed by atoms with Gasteiger partial charge < -0.3 is 20.3 Å². The van der Waals surface area contributed by atoms with Crippen molar-refractivity contribution in [3.63, 3.8) is 0 Å². The molecule has 0 aliphatic heterocycles. The highest BCUT2D eigenvalue weighted by atomic mass is 16.5. The normalized spacial score (nSPS) is 12.6. The third-order valence-corrected chi connectivity index (χ3v) is 16.8. The molecule has 0 bridgehead atoms. The van der Waals surface area contributed by atoms with Crippen LogP contribution < -0.4 is 5.32 Å². The summed E-state index contributed by atoms with van der Waals surface area (Å²) in [6.07, 6.45) is 85.1. The lowest BCUT2D eigenvalue weighted by Gasteiger charge is -2.22. The van der Waals surface area contributed by atoms with Gasteiger partial charge in [0.1, 0.15) is 0 Å². The summed E-state index contributed by atoms with van der Waals surface area (Å²) in [6.45, 7) is 4.97. The highest BCUT2D eigenvalue weighted by Crippen LogP contribution is 2.19. The molecule has 3 N–H and O–H groups in total. The number of aliphatic hydroxyl groups is 2. The Morgan fingerprint density at radius 2 is 0.641 bits per heavy atom. The van der Waals surface area contributed by atoms with Gasteiger partial charge in [-0.05, 0) is 57.8 Å². The van der Waals surface area contributed by atoms with Gasteiger partial charge >= 0.3 is 5.97 Å². The predicted octanol–water partition coefficient (Wildman–Crippen LogP) is 22.9. The first-order valence-corrected chi connectivity index (χ1v) is 35.6. The Labute approximate surface area is 488 Å². The number of aliphatic hydroxyl groups excluding tert-OH is 2. The molecule has 6 nitrogen and oxygen atoms in total. The summed E-state index contributed by atoms with van der Waals surface area (Å²) in [5, 5.41) is 23.4. The van der Waals surface area contributed by atoms with Crippen LogP contribution in [0.1, 0.15) is 399 Å². The van der Waals surface area contributed by atoms with Gasteiger partial charge in [0, 0.05) is 12.8 Å². The summed E-state index contributed by atoms with van der Waals surface area (Å²) < 4.78 is 5.49. The van der Waals surface area contributed by atoms with E-state index in [1.165, 1.54) is 315 Å². The molecule has 1 amide bonds. The summed E-state index contributed by atoms with van der Waals surface area (Å²) in [6, 6.07) is -0.541. The first kappa shape index (κ1) is 76.3. The lowest BCUT2D eigenvalue weighted by molar-refractivity contribution is -0.143. The molecule has 0 aromatic carbocycles. The Morgan fingerprint density at radius 1 is 0.359 bits per heavy atom. The maximum Gasteiger partial charge on any atom is 0.305 e. The van der Waals surface area contributed by atoms with E-state index in [0.717, 1.165) is 51.4 Å². The second-order valence-corrected chi connectivity index (χ2v) is 24.6. The summed E-state index contributed by atoms with van der Waals surface area (Å²) in [7, 11) is 0. The van der Waals surface area contributed by atoms with Crippen LogP contribution in [0, 0.1) is 0 Å². The van der Waals surface area contributed by atoms with E-state index in [1.54, 1.807) is 0 Å². The van der Waals surface area contributed by atoms with Gasteiger partial charge in [0.15, 0.2) is 0 Å². The van der Waals surface area contributed by atoms with Gasteiger partial charge in [-0.25, -0.2) is 0 Å². The zero-order valence-electron chi connectivity index (χ0n) is 52.9. The largest absolute Gasteiger partial charge is 0.466 e. The summed E-state index contributed by atoms with van der Waals surface area (Å²) >= 11 is 0. The maximum absolute atomic E-state index is 12.5.